The Morgan fingerprint density at radius 2 is 1.14 bits per heavy atom. The zero-order valence-corrected chi connectivity index (χ0v) is 56.0. The molecule has 14 N–H and O–H groups in total. The maximum Gasteiger partial charge on any atom is 0.335 e. The number of ether oxygens (including phenoxy) is 11. The number of aliphatic carboxylic acids is 1. The van der Waals surface area contributed by atoms with Crippen LogP contribution in [0.3, 0.4) is 0 Å². The Labute approximate surface area is 551 Å². The second kappa shape index (κ2) is 26.8. The average molecular weight is 1360 g/mol. The molecule has 1 spiro atoms. The van der Waals surface area contributed by atoms with Gasteiger partial charge in [-0.15, -0.1) is 0 Å². The fourth-order valence-corrected chi connectivity index (χ4v) is 19.8. The fraction of sp³-hybridized carbons (Fsp3) is 0.879. The molecule has 10 rings (SSSR count). The van der Waals surface area contributed by atoms with Gasteiger partial charge in [0.2, 0.25) is 0 Å². The summed E-state index contributed by atoms with van der Waals surface area (Å²) in [6.45, 7) is 20.7. The number of hydrogen-bond donors (Lipinski definition) is 14. The van der Waals surface area contributed by atoms with E-state index >= 15 is 0 Å². The number of aliphatic hydroxyl groups is 13. The standard InChI is InChI=1S/C66H102O29/c1-13-26(3)53(81)92-50-51(93-54(82)27(4)14-2)66-34(22-60(50,6)7)65(95-59(66)84)20-16-33-62(10)18-17-35(61(8,9)32(62)15-19-63(33,11)64(65,12)23-36(66)85-28(5)69)88-58-49(86-30-21-29(24-67)37(70)40(73)38(30)71)46(45(78)47(90-58)52(79)80)89-57-48(42(75)39(72)31(25-68)87-57)91-56-44(77)41(74)43(76)55(83)94-56/h13-14,29-51,55-59,67-68,70-78,83-84H,15-25H2,1-12H3,(H,79,80). The minimum atomic E-state index is -2.29. The summed E-state index contributed by atoms with van der Waals surface area (Å²) in [6, 6.07) is 0. The van der Waals surface area contributed by atoms with Crippen molar-refractivity contribution in [3.05, 3.63) is 23.3 Å². The summed E-state index contributed by atoms with van der Waals surface area (Å²) < 4.78 is 69.9. The van der Waals surface area contributed by atoms with Gasteiger partial charge in [-0.1, -0.05) is 60.6 Å². The van der Waals surface area contributed by atoms with E-state index in [1.54, 1.807) is 39.8 Å². The van der Waals surface area contributed by atoms with Gasteiger partial charge in [0.1, 0.15) is 90.9 Å². The van der Waals surface area contributed by atoms with Crippen molar-refractivity contribution in [1.82, 2.24) is 0 Å². The van der Waals surface area contributed by atoms with Gasteiger partial charge in [0.15, 0.2) is 43.7 Å². The molecule has 10 fully saturated rings. The highest BCUT2D eigenvalue weighted by molar-refractivity contribution is 5.89. The van der Waals surface area contributed by atoms with Gasteiger partial charge < -0.3 is 124 Å². The molecule has 10 aliphatic rings. The van der Waals surface area contributed by atoms with Crippen molar-refractivity contribution in [3.8, 4) is 0 Å². The first-order valence-corrected chi connectivity index (χ1v) is 33.4. The molecule has 0 aromatic carbocycles. The van der Waals surface area contributed by atoms with E-state index in [2.05, 4.69) is 20.8 Å². The topological polar surface area (TPSA) is 453 Å². The van der Waals surface area contributed by atoms with E-state index in [4.69, 9.17) is 52.1 Å². The highest BCUT2D eigenvalue weighted by atomic mass is 16.8. The molecule has 6 saturated carbocycles. The molecular formula is C66H102O29. The molecule has 4 heterocycles. The van der Waals surface area contributed by atoms with Gasteiger partial charge in [-0.3, -0.25) is 4.79 Å². The van der Waals surface area contributed by atoms with Gasteiger partial charge in [-0.25, -0.2) is 14.4 Å². The molecule has 6 aliphatic carbocycles. The maximum atomic E-state index is 14.2. The summed E-state index contributed by atoms with van der Waals surface area (Å²) in [5.41, 5.74) is -6.03. The van der Waals surface area contributed by atoms with E-state index in [0.717, 1.165) is 0 Å². The molecule has 0 aromatic rings. The van der Waals surface area contributed by atoms with Crippen molar-refractivity contribution in [1.29, 1.82) is 0 Å². The van der Waals surface area contributed by atoms with Crippen LogP contribution in [0.15, 0.2) is 23.3 Å². The third-order valence-corrected chi connectivity index (χ3v) is 25.3. The van der Waals surface area contributed by atoms with Crippen molar-refractivity contribution in [2.75, 3.05) is 13.2 Å². The second-order valence-electron chi connectivity index (χ2n) is 30.7. The van der Waals surface area contributed by atoms with E-state index < -0.39 is 234 Å². The van der Waals surface area contributed by atoms with Crippen LogP contribution in [-0.2, 0) is 71.3 Å². The molecule has 29 heteroatoms. The number of esters is 3. The molecule has 95 heavy (non-hydrogen) atoms. The Hall–Kier alpha value is -3.48. The third kappa shape index (κ3) is 11.8. The van der Waals surface area contributed by atoms with E-state index in [-0.39, 0.29) is 36.7 Å². The maximum absolute atomic E-state index is 14.2. The van der Waals surface area contributed by atoms with Crippen LogP contribution >= 0.6 is 0 Å². The van der Waals surface area contributed by atoms with Crippen LogP contribution in [0.25, 0.3) is 0 Å². The molecule has 2 bridgehead atoms. The van der Waals surface area contributed by atoms with E-state index in [9.17, 15) is 90.7 Å². The monoisotopic (exact) mass is 1360 g/mol. The molecular weight excluding hydrogens is 1260 g/mol. The lowest BCUT2D eigenvalue weighted by molar-refractivity contribution is -0.404. The van der Waals surface area contributed by atoms with Crippen LogP contribution in [-0.4, -0.2) is 262 Å². The highest BCUT2D eigenvalue weighted by Gasteiger charge is 2.86. The van der Waals surface area contributed by atoms with Crippen molar-refractivity contribution in [2.45, 2.75) is 294 Å². The van der Waals surface area contributed by atoms with Crippen molar-refractivity contribution >= 4 is 23.9 Å². The molecule has 0 radical (unpaired) electrons. The van der Waals surface area contributed by atoms with Gasteiger partial charge in [0.25, 0.3) is 0 Å². The summed E-state index contributed by atoms with van der Waals surface area (Å²) in [4.78, 5) is 55.1. The highest BCUT2D eigenvalue weighted by Crippen LogP contribution is 2.82. The van der Waals surface area contributed by atoms with E-state index in [1.807, 2.05) is 27.7 Å². The number of hydrogen-bond acceptors (Lipinski definition) is 28. The van der Waals surface area contributed by atoms with E-state index in [1.165, 1.54) is 6.92 Å². The van der Waals surface area contributed by atoms with Gasteiger partial charge in [0, 0.05) is 47.3 Å². The second-order valence-corrected chi connectivity index (χ2v) is 30.7. The van der Waals surface area contributed by atoms with Crippen molar-refractivity contribution < 1.29 is 143 Å². The Morgan fingerprint density at radius 3 is 1.74 bits per heavy atom. The summed E-state index contributed by atoms with van der Waals surface area (Å²) in [7, 11) is 0. The number of aliphatic hydroxyl groups excluding tert-OH is 13. The Bertz CT molecular complexity index is 2890. The van der Waals surface area contributed by atoms with Gasteiger partial charge in [-0.05, 0) is 114 Å². The summed E-state index contributed by atoms with van der Waals surface area (Å²) in [5, 5.41) is 155. The zero-order valence-electron chi connectivity index (χ0n) is 56.0. The summed E-state index contributed by atoms with van der Waals surface area (Å²) >= 11 is 0. The first kappa shape index (κ1) is 74.2. The number of carboxylic acids is 1. The van der Waals surface area contributed by atoms with Gasteiger partial charge in [-0.2, -0.15) is 0 Å². The Kier molecular flexibility index (Phi) is 20.9. The third-order valence-electron chi connectivity index (χ3n) is 25.3. The quantitative estimate of drug-likeness (QED) is 0.0390. The first-order chi connectivity index (χ1) is 44.3. The summed E-state index contributed by atoms with van der Waals surface area (Å²) in [5.74, 6) is -5.78. The van der Waals surface area contributed by atoms with Crippen LogP contribution in [0.1, 0.15) is 141 Å². The first-order valence-electron chi connectivity index (χ1n) is 33.4. The number of carbonyl (C=O) groups is 4. The zero-order chi connectivity index (χ0) is 70.1. The van der Waals surface area contributed by atoms with Gasteiger partial charge >= 0.3 is 23.9 Å². The van der Waals surface area contributed by atoms with Crippen LogP contribution in [0.5, 0.6) is 0 Å². The number of fused-ring (bicyclic) bond motifs is 4. The molecule has 29 nitrogen and oxygen atoms in total. The molecule has 0 aromatic heterocycles. The number of carboxylic acid groups (broad SMARTS) is 1. The largest absolute Gasteiger partial charge is 0.479 e. The average Bonchev–Trinajstić information content (AvgIpc) is 1.55. The smallest absolute Gasteiger partial charge is 0.335 e. The normalized spacial score (nSPS) is 51.0. The predicted octanol–water partition coefficient (Wildman–Crippen LogP) is -0.772. The molecule has 540 valence electrons. The SMILES string of the molecule is CC=C(C)C(=O)OC1C(OC(=O)C(C)=CC)C23C(O)OC4(CCC5C6(C)CCC(OC7OC(C(=O)O)C(O)C(OC8OC(CO)C(O)C(O)C8OC8OC(O)C(O)C(O)C8O)C7OC7CC(CO)C(O)C(O)C7O)C(C)(C)C6CCC5(C)C4(C)CC2OC(C)=O)C3CC1(C)C. The van der Waals surface area contributed by atoms with Crippen LogP contribution < -0.4 is 0 Å². The van der Waals surface area contributed by atoms with Crippen LogP contribution in [0.2, 0.25) is 0 Å². The molecule has 33 unspecified atom stereocenters. The summed E-state index contributed by atoms with van der Waals surface area (Å²) in [6.07, 6.45) is -38.0. The lowest BCUT2D eigenvalue weighted by Crippen LogP contribution is -2.77. The number of rotatable bonds is 16. The lowest BCUT2D eigenvalue weighted by atomic mass is 9.30. The molecule has 4 saturated heterocycles. The Balaban J connectivity index is 0.996. The van der Waals surface area contributed by atoms with Crippen LogP contribution in [0, 0.1) is 56.2 Å². The van der Waals surface area contributed by atoms with Crippen molar-refractivity contribution in [3.63, 3.8) is 0 Å². The minimum absolute atomic E-state index is 0.101. The molecule has 4 aliphatic heterocycles. The fourth-order valence-electron chi connectivity index (χ4n) is 19.8. The van der Waals surface area contributed by atoms with Crippen LogP contribution in [0.4, 0.5) is 0 Å². The lowest BCUT2D eigenvalue weighted by Gasteiger charge is -2.75. The minimum Gasteiger partial charge on any atom is -0.479 e. The molecule has 33 atom stereocenters. The van der Waals surface area contributed by atoms with E-state index in [0.29, 0.717) is 44.1 Å². The predicted molar refractivity (Wildman–Crippen MR) is 321 cm³/mol. The van der Waals surface area contributed by atoms with Gasteiger partial charge in [0.05, 0.1) is 30.5 Å². The molecule has 0 amide bonds. The van der Waals surface area contributed by atoms with Crippen molar-refractivity contribution in [2.24, 2.45) is 56.2 Å². The Morgan fingerprint density at radius 1 is 0.537 bits per heavy atom. The number of carbonyl (C=O) groups excluding carboxylic acids is 3. The number of allylic oxidation sites excluding steroid dienone is 2.